The summed E-state index contributed by atoms with van der Waals surface area (Å²) in [6.45, 7) is 2.36. The molecule has 52 heavy (non-hydrogen) atoms. The lowest BCUT2D eigenvalue weighted by atomic mass is 10.0. The van der Waals surface area contributed by atoms with Gasteiger partial charge in [0.1, 0.15) is 12.1 Å². The minimum atomic E-state index is -1.26. The Morgan fingerprint density at radius 3 is 1.75 bits per heavy atom. The van der Waals surface area contributed by atoms with Crippen LogP contribution in [0.25, 0.3) is 0 Å². The number of hydrogen-bond donors (Lipinski definition) is 9. The quantitative estimate of drug-likeness (QED) is 0.0485. The number of carboxylic acids is 3. The molecule has 19 nitrogen and oxygen atoms in total. The number of aliphatic hydroxyl groups excluding tert-OH is 1. The molecular weight excluding hydrogens is 686 g/mol. The number of carbonyl (C=O) groups excluding carboxylic acids is 5. The largest absolute Gasteiger partial charge is 0.480 e. The van der Waals surface area contributed by atoms with Crippen molar-refractivity contribution < 1.29 is 58.8 Å². The number of aliphatic carboxylic acids is 3. The van der Waals surface area contributed by atoms with Crippen LogP contribution in [0.1, 0.15) is 52.0 Å². The predicted octanol–water partition coefficient (Wildman–Crippen LogP) is -1.59. The first-order valence-electron chi connectivity index (χ1n) is 16.8. The van der Waals surface area contributed by atoms with E-state index in [1.807, 2.05) is 0 Å². The predicted molar refractivity (Wildman–Crippen MR) is 186 cm³/mol. The second-order valence-corrected chi connectivity index (χ2v) is 12.3. The van der Waals surface area contributed by atoms with Crippen LogP contribution in [-0.4, -0.2) is 142 Å². The summed E-state index contributed by atoms with van der Waals surface area (Å²) in [4.78, 5) is 99.1. The Morgan fingerprint density at radius 1 is 0.692 bits per heavy atom. The lowest BCUT2D eigenvalue weighted by Gasteiger charge is -2.25. The molecule has 0 bridgehead atoms. The summed E-state index contributed by atoms with van der Waals surface area (Å²) in [7, 11) is 0. The SMILES string of the molecule is CCC(=O)NCC(=O)N[C@H](C(=O)N[C@@H](CCCCNC(=O)CN(CCN(CC(=O)O)CC(=O)O)CC(=O)O)C(=O)Nc1ccc(CO)cc1)C(C)C. The highest BCUT2D eigenvalue weighted by Crippen LogP contribution is 2.12. The van der Waals surface area contributed by atoms with Gasteiger partial charge in [-0.3, -0.25) is 48.2 Å². The standard InChI is InChI=1S/C33H51N7O12/c1-4-25(42)35-15-26(43)38-31(21(2)3)33(52)37-24(32(51)36-23-10-8-22(20-41)9-11-23)7-5-6-12-34-27(44)16-39(17-28(45)46)13-14-40(18-29(47)48)19-30(49)50/h8-11,21,24,31,41H,4-7,12-20H2,1-3H3,(H,34,44)(H,35,42)(H,36,51)(H,37,52)(H,38,43)(H,45,46)(H,47,48)(H,49,50)/t24-,31-/m0/s1. The van der Waals surface area contributed by atoms with Crippen LogP contribution in [0.2, 0.25) is 0 Å². The van der Waals surface area contributed by atoms with E-state index in [0.717, 1.165) is 4.90 Å². The second-order valence-electron chi connectivity index (χ2n) is 12.3. The molecular formula is C33H51N7O12. The zero-order valence-corrected chi connectivity index (χ0v) is 29.7. The molecule has 0 radical (unpaired) electrons. The summed E-state index contributed by atoms with van der Waals surface area (Å²) < 4.78 is 0. The van der Waals surface area contributed by atoms with Crippen LogP contribution in [0.4, 0.5) is 5.69 Å². The number of nitrogens with zero attached hydrogens (tertiary/aromatic N) is 2. The highest BCUT2D eigenvalue weighted by Gasteiger charge is 2.29. The lowest BCUT2D eigenvalue weighted by Crippen LogP contribution is -2.55. The van der Waals surface area contributed by atoms with E-state index in [1.54, 1.807) is 45.0 Å². The molecule has 0 aliphatic carbocycles. The normalized spacial score (nSPS) is 12.1. The van der Waals surface area contributed by atoms with E-state index in [9.17, 15) is 48.6 Å². The molecule has 0 heterocycles. The average molecular weight is 738 g/mol. The first kappa shape index (κ1) is 44.9. The van der Waals surface area contributed by atoms with Crippen molar-refractivity contribution in [1.82, 2.24) is 31.1 Å². The zero-order chi connectivity index (χ0) is 39.2. The number of aliphatic hydroxyl groups is 1. The highest BCUT2D eigenvalue weighted by molar-refractivity contribution is 5.98. The van der Waals surface area contributed by atoms with E-state index in [-0.39, 0.29) is 64.0 Å². The molecule has 0 saturated heterocycles. The first-order valence-corrected chi connectivity index (χ1v) is 16.8. The van der Waals surface area contributed by atoms with Gasteiger partial charge in [-0.15, -0.1) is 0 Å². The van der Waals surface area contributed by atoms with Gasteiger partial charge in [-0.2, -0.15) is 0 Å². The van der Waals surface area contributed by atoms with E-state index in [4.69, 9.17) is 10.2 Å². The highest BCUT2D eigenvalue weighted by atomic mass is 16.4. The van der Waals surface area contributed by atoms with Gasteiger partial charge in [0.15, 0.2) is 0 Å². The van der Waals surface area contributed by atoms with E-state index in [0.29, 0.717) is 24.1 Å². The van der Waals surface area contributed by atoms with E-state index < -0.39 is 73.3 Å². The fourth-order valence-corrected chi connectivity index (χ4v) is 4.76. The third kappa shape index (κ3) is 19.3. The Balaban J connectivity index is 2.87. The maximum Gasteiger partial charge on any atom is 0.317 e. The number of amides is 5. The maximum atomic E-state index is 13.3. The Hall–Kier alpha value is -5.14. The summed E-state index contributed by atoms with van der Waals surface area (Å²) in [5, 5.41) is 49.7. The van der Waals surface area contributed by atoms with Gasteiger partial charge >= 0.3 is 17.9 Å². The van der Waals surface area contributed by atoms with Crippen LogP contribution in [-0.2, 0) is 45.0 Å². The van der Waals surface area contributed by atoms with Crippen LogP contribution in [0, 0.1) is 5.92 Å². The fraction of sp³-hybridized carbons (Fsp3) is 0.576. The molecule has 2 atom stereocenters. The maximum absolute atomic E-state index is 13.3. The Labute approximate surface area is 301 Å². The number of nitrogens with one attached hydrogen (secondary N) is 5. The van der Waals surface area contributed by atoms with Crippen molar-refractivity contribution in [2.24, 2.45) is 5.92 Å². The molecule has 1 rings (SSSR count). The molecule has 19 heteroatoms. The van der Waals surface area contributed by atoms with Crippen LogP contribution >= 0.6 is 0 Å². The number of anilines is 1. The minimum absolute atomic E-state index is 0.0926. The van der Waals surface area contributed by atoms with Crippen molar-refractivity contribution >= 4 is 53.1 Å². The van der Waals surface area contributed by atoms with E-state index >= 15 is 0 Å². The monoisotopic (exact) mass is 737 g/mol. The number of unbranched alkanes of at least 4 members (excludes halogenated alkanes) is 1. The van der Waals surface area contributed by atoms with Gasteiger partial charge in [0.25, 0.3) is 0 Å². The molecule has 1 aromatic rings. The van der Waals surface area contributed by atoms with Gasteiger partial charge in [-0.25, -0.2) is 0 Å². The number of rotatable bonds is 26. The zero-order valence-electron chi connectivity index (χ0n) is 29.7. The van der Waals surface area contributed by atoms with Crippen molar-refractivity contribution in [3.63, 3.8) is 0 Å². The third-order valence-electron chi connectivity index (χ3n) is 7.49. The molecule has 0 aromatic heterocycles. The Bertz CT molecular complexity index is 1360. The van der Waals surface area contributed by atoms with E-state index in [1.165, 1.54) is 4.90 Å². The number of carboxylic acid groups (broad SMARTS) is 3. The van der Waals surface area contributed by atoms with Gasteiger partial charge in [0.2, 0.25) is 29.5 Å². The molecule has 290 valence electrons. The summed E-state index contributed by atoms with van der Waals surface area (Å²) in [6.07, 6.45) is 0.991. The Morgan fingerprint density at radius 2 is 1.25 bits per heavy atom. The number of benzene rings is 1. The second kappa shape index (κ2) is 24.1. The van der Waals surface area contributed by atoms with Crippen molar-refractivity contribution in [3.05, 3.63) is 29.8 Å². The fourth-order valence-electron chi connectivity index (χ4n) is 4.76. The third-order valence-corrected chi connectivity index (χ3v) is 7.49. The van der Waals surface area contributed by atoms with Crippen molar-refractivity contribution in [2.75, 3.05) is 57.7 Å². The number of carbonyl (C=O) groups is 8. The van der Waals surface area contributed by atoms with Gasteiger partial charge in [-0.1, -0.05) is 32.9 Å². The minimum Gasteiger partial charge on any atom is -0.480 e. The van der Waals surface area contributed by atoms with Crippen molar-refractivity contribution in [3.8, 4) is 0 Å². The van der Waals surface area contributed by atoms with Gasteiger partial charge in [-0.05, 0) is 42.9 Å². The topological polar surface area (TPSA) is 284 Å². The molecule has 0 aliphatic rings. The summed E-state index contributed by atoms with van der Waals surface area (Å²) in [6, 6.07) is 4.31. The first-order chi connectivity index (χ1) is 24.5. The molecule has 9 N–H and O–H groups in total. The van der Waals surface area contributed by atoms with Gasteiger partial charge < -0.3 is 47.0 Å². The summed E-state index contributed by atoms with van der Waals surface area (Å²) >= 11 is 0. The van der Waals surface area contributed by atoms with Crippen LogP contribution in [0.15, 0.2) is 24.3 Å². The average Bonchev–Trinajstić information content (AvgIpc) is 3.06. The Kier molecular flexibility index (Phi) is 20.8. The molecule has 0 spiro atoms. The smallest absolute Gasteiger partial charge is 0.317 e. The van der Waals surface area contributed by atoms with Crippen molar-refractivity contribution in [2.45, 2.75) is 65.1 Å². The van der Waals surface area contributed by atoms with Crippen molar-refractivity contribution in [1.29, 1.82) is 0 Å². The molecule has 0 unspecified atom stereocenters. The molecule has 0 saturated carbocycles. The lowest BCUT2D eigenvalue weighted by molar-refractivity contribution is -0.143. The number of hydrogen-bond acceptors (Lipinski definition) is 11. The van der Waals surface area contributed by atoms with Crippen LogP contribution in [0.5, 0.6) is 0 Å². The van der Waals surface area contributed by atoms with Gasteiger partial charge in [0, 0.05) is 31.7 Å². The van der Waals surface area contributed by atoms with Crippen LogP contribution in [0.3, 0.4) is 0 Å². The molecule has 0 fully saturated rings. The van der Waals surface area contributed by atoms with Crippen LogP contribution < -0.4 is 26.6 Å². The van der Waals surface area contributed by atoms with Gasteiger partial charge in [0.05, 0.1) is 39.3 Å². The summed E-state index contributed by atoms with van der Waals surface area (Å²) in [5.74, 6) is -6.79. The summed E-state index contributed by atoms with van der Waals surface area (Å²) in [5.41, 5.74) is 1.04. The molecule has 0 aliphatic heterocycles. The molecule has 5 amide bonds. The molecule has 1 aromatic carbocycles. The van der Waals surface area contributed by atoms with E-state index in [2.05, 4.69) is 26.6 Å².